The Morgan fingerprint density at radius 1 is 1.06 bits per heavy atom. The summed E-state index contributed by atoms with van der Waals surface area (Å²) in [6.45, 7) is 6.08. The molecule has 3 N–H and O–H groups in total. The summed E-state index contributed by atoms with van der Waals surface area (Å²) in [6.07, 6.45) is 1.50. The van der Waals surface area contributed by atoms with E-state index < -0.39 is 33.9 Å². The molecule has 4 rings (SSSR count). The minimum absolute atomic E-state index is 0.112. The number of aliphatic hydroxyl groups is 1. The number of benzene rings is 3. The molecule has 260 valence electrons. The van der Waals surface area contributed by atoms with Crippen molar-refractivity contribution < 1.29 is 37.0 Å². The number of rotatable bonds is 8. The van der Waals surface area contributed by atoms with E-state index in [-0.39, 0.29) is 59.6 Å². The number of likely N-dealkylation sites (N-methyl/N-ethyl adjacent to an activating group) is 1. The molecular formula is C35H45FN4O7S. The van der Waals surface area contributed by atoms with Gasteiger partial charge in [0.15, 0.2) is 0 Å². The van der Waals surface area contributed by atoms with Gasteiger partial charge in [0.05, 0.1) is 35.3 Å². The van der Waals surface area contributed by atoms with Crippen molar-refractivity contribution in [2.45, 2.75) is 63.2 Å². The van der Waals surface area contributed by atoms with E-state index >= 15 is 0 Å². The molecule has 1 heterocycles. The van der Waals surface area contributed by atoms with Crippen LogP contribution in [0.3, 0.4) is 0 Å². The first-order valence-electron chi connectivity index (χ1n) is 16.1. The fourth-order valence-corrected chi connectivity index (χ4v) is 6.42. The average molecular weight is 685 g/mol. The number of fused-ring (bicyclic) bond motifs is 1. The number of nitrogens with zero attached hydrogens (tertiary/aromatic N) is 2. The van der Waals surface area contributed by atoms with Crippen LogP contribution in [-0.4, -0.2) is 86.9 Å². The van der Waals surface area contributed by atoms with Crippen molar-refractivity contribution in [3.05, 3.63) is 84.2 Å². The summed E-state index contributed by atoms with van der Waals surface area (Å²) < 4.78 is 54.6. The molecule has 0 saturated heterocycles. The summed E-state index contributed by atoms with van der Waals surface area (Å²) in [5.41, 5.74) is 0.889. The molecule has 0 aromatic heterocycles. The number of sulfonamides is 1. The molecule has 3 amide bonds. The van der Waals surface area contributed by atoms with E-state index in [1.54, 1.807) is 37.1 Å². The second-order valence-electron chi connectivity index (χ2n) is 12.2. The Morgan fingerprint density at radius 3 is 2.46 bits per heavy atom. The maximum atomic E-state index is 14.3. The molecule has 0 spiro atoms. The van der Waals surface area contributed by atoms with Crippen LogP contribution >= 0.6 is 0 Å². The molecule has 0 unspecified atom stereocenters. The zero-order chi connectivity index (χ0) is 34.8. The summed E-state index contributed by atoms with van der Waals surface area (Å²) >= 11 is 0. The number of carbonyl (C=O) groups is 2. The van der Waals surface area contributed by atoms with Crippen molar-refractivity contribution in [3.63, 3.8) is 0 Å². The number of aliphatic hydroxyl groups excluding tert-OH is 1. The van der Waals surface area contributed by atoms with Gasteiger partial charge in [0.2, 0.25) is 0 Å². The molecule has 13 heteroatoms. The number of para-hydroxylation sites is 1. The van der Waals surface area contributed by atoms with Gasteiger partial charge >= 0.3 is 6.03 Å². The van der Waals surface area contributed by atoms with Gasteiger partial charge in [-0.25, -0.2) is 17.6 Å². The van der Waals surface area contributed by atoms with Crippen LogP contribution in [0.5, 0.6) is 5.75 Å². The lowest BCUT2D eigenvalue weighted by atomic mass is 10.0. The monoisotopic (exact) mass is 684 g/mol. The number of carbonyl (C=O) groups excluding carboxylic acids is 2. The van der Waals surface area contributed by atoms with Crippen LogP contribution in [0.4, 0.5) is 20.6 Å². The summed E-state index contributed by atoms with van der Waals surface area (Å²) in [6, 6.07) is 17.1. The molecule has 0 bridgehead atoms. The number of amides is 3. The van der Waals surface area contributed by atoms with Gasteiger partial charge in [-0.05, 0) is 87.7 Å². The van der Waals surface area contributed by atoms with Crippen LogP contribution in [0.2, 0.25) is 0 Å². The number of nitrogens with one attached hydrogen (secondary N) is 2. The minimum atomic E-state index is -4.10. The second-order valence-corrected chi connectivity index (χ2v) is 13.9. The average Bonchev–Trinajstić information content (AvgIpc) is 3.06. The fraction of sp³-hybridized carbons (Fsp3) is 0.429. The van der Waals surface area contributed by atoms with Crippen LogP contribution in [0.1, 0.15) is 50.4 Å². The first-order chi connectivity index (χ1) is 22.9. The van der Waals surface area contributed by atoms with Crippen LogP contribution in [0.15, 0.2) is 77.7 Å². The lowest BCUT2D eigenvalue weighted by Crippen LogP contribution is -2.48. The Hall–Kier alpha value is -4.20. The van der Waals surface area contributed by atoms with E-state index in [1.165, 1.54) is 17.0 Å². The molecule has 0 fully saturated rings. The normalized spacial score (nSPS) is 20.1. The number of halogens is 1. The highest BCUT2D eigenvalue weighted by molar-refractivity contribution is 7.92. The molecule has 0 radical (unpaired) electrons. The summed E-state index contributed by atoms with van der Waals surface area (Å²) in [5, 5.41) is 13.1. The summed E-state index contributed by atoms with van der Waals surface area (Å²) in [5.74, 6) is -1.04. The Bertz CT molecular complexity index is 1630. The number of anilines is 2. The maximum Gasteiger partial charge on any atom is 0.321 e. The Morgan fingerprint density at radius 2 is 1.77 bits per heavy atom. The summed E-state index contributed by atoms with van der Waals surface area (Å²) in [4.78, 5) is 30.3. The molecule has 48 heavy (non-hydrogen) atoms. The predicted octanol–water partition coefficient (Wildman–Crippen LogP) is 5.59. The van der Waals surface area contributed by atoms with Gasteiger partial charge in [0.1, 0.15) is 11.6 Å². The van der Waals surface area contributed by atoms with Gasteiger partial charge < -0.3 is 29.7 Å². The molecule has 4 atom stereocenters. The number of hydrogen-bond donors (Lipinski definition) is 3. The highest BCUT2D eigenvalue weighted by Crippen LogP contribution is 2.29. The van der Waals surface area contributed by atoms with Gasteiger partial charge in [-0.2, -0.15) is 0 Å². The molecule has 3 aromatic carbocycles. The molecule has 0 aliphatic carbocycles. The topological polar surface area (TPSA) is 138 Å². The number of hydrogen-bond acceptors (Lipinski definition) is 7. The molecular weight excluding hydrogens is 639 g/mol. The first-order valence-corrected chi connectivity index (χ1v) is 17.6. The smallest absolute Gasteiger partial charge is 0.321 e. The van der Waals surface area contributed by atoms with Gasteiger partial charge in [0, 0.05) is 44.0 Å². The third kappa shape index (κ3) is 9.91. The van der Waals surface area contributed by atoms with Crippen molar-refractivity contribution in [1.82, 2.24) is 9.80 Å². The van der Waals surface area contributed by atoms with Crippen molar-refractivity contribution in [2.75, 3.05) is 43.4 Å². The lowest BCUT2D eigenvalue weighted by Gasteiger charge is -2.35. The Balaban J connectivity index is 1.63. The van der Waals surface area contributed by atoms with Crippen molar-refractivity contribution in [1.29, 1.82) is 0 Å². The predicted molar refractivity (Wildman–Crippen MR) is 182 cm³/mol. The fourth-order valence-electron chi connectivity index (χ4n) is 5.37. The third-order valence-corrected chi connectivity index (χ3v) is 9.65. The van der Waals surface area contributed by atoms with Crippen LogP contribution in [0.25, 0.3) is 0 Å². The van der Waals surface area contributed by atoms with Crippen molar-refractivity contribution in [3.8, 4) is 5.75 Å². The van der Waals surface area contributed by atoms with Gasteiger partial charge in [-0.3, -0.25) is 9.52 Å². The zero-order valence-electron chi connectivity index (χ0n) is 27.8. The first kappa shape index (κ1) is 36.6. The second kappa shape index (κ2) is 16.8. The quantitative estimate of drug-likeness (QED) is 0.282. The maximum absolute atomic E-state index is 14.3. The van der Waals surface area contributed by atoms with Gasteiger partial charge in [0.25, 0.3) is 15.9 Å². The lowest BCUT2D eigenvalue weighted by molar-refractivity contribution is -0.0115. The van der Waals surface area contributed by atoms with E-state index in [0.717, 1.165) is 37.1 Å². The molecule has 3 aromatic rings. The van der Waals surface area contributed by atoms with E-state index in [0.29, 0.717) is 18.7 Å². The van der Waals surface area contributed by atoms with Crippen LogP contribution in [-0.2, 0) is 14.8 Å². The van der Waals surface area contributed by atoms with Gasteiger partial charge in [-0.15, -0.1) is 0 Å². The Labute approximate surface area is 282 Å². The molecule has 1 aliphatic heterocycles. The third-order valence-electron chi connectivity index (χ3n) is 8.25. The number of ether oxygens (including phenoxy) is 2. The zero-order valence-corrected chi connectivity index (χ0v) is 28.6. The summed E-state index contributed by atoms with van der Waals surface area (Å²) in [7, 11) is -2.42. The van der Waals surface area contributed by atoms with Crippen LogP contribution < -0.4 is 14.8 Å². The van der Waals surface area contributed by atoms with Gasteiger partial charge in [-0.1, -0.05) is 25.1 Å². The number of urea groups is 1. The molecule has 1 aliphatic rings. The molecule has 0 saturated carbocycles. The van der Waals surface area contributed by atoms with E-state index in [1.807, 2.05) is 32.0 Å². The van der Waals surface area contributed by atoms with Crippen LogP contribution in [0, 0.1) is 11.7 Å². The highest BCUT2D eigenvalue weighted by Gasteiger charge is 2.31. The SMILES string of the molecule is C[C@H]1CCCCO[C@H](CN(C)C(=O)Nc2ccccc2)[C@@H](C)CN([C@@H](C)CO)C(=O)c2cc(NS(=O)(=O)c3ccc(F)cc3)ccc2O1. The van der Waals surface area contributed by atoms with E-state index in [2.05, 4.69) is 10.0 Å². The van der Waals surface area contributed by atoms with Crippen molar-refractivity contribution in [2.24, 2.45) is 5.92 Å². The van der Waals surface area contributed by atoms with E-state index in [4.69, 9.17) is 9.47 Å². The Kier molecular flexibility index (Phi) is 12.8. The highest BCUT2D eigenvalue weighted by atomic mass is 32.2. The standard InChI is InChI=1S/C35H45FN4O7S/c1-24-21-40(25(2)23-41)34(42)31-20-29(38-48(44,45)30-16-13-27(36)14-17-30)15-18-32(31)47-26(3)10-8-9-19-46-33(24)22-39(4)35(43)37-28-11-6-5-7-12-28/h5-7,11-18,20,24-26,33,38,41H,8-10,19,21-23H2,1-4H3,(H,37,43)/t24-,25-,26-,33+/m0/s1. The minimum Gasteiger partial charge on any atom is -0.490 e. The van der Waals surface area contributed by atoms with E-state index in [9.17, 15) is 27.5 Å². The van der Waals surface area contributed by atoms with Crippen molar-refractivity contribution >= 4 is 33.3 Å². The largest absolute Gasteiger partial charge is 0.490 e. The molecule has 11 nitrogen and oxygen atoms in total.